The van der Waals surface area contributed by atoms with Gasteiger partial charge in [0.15, 0.2) is 0 Å². The van der Waals surface area contributed by atoms with Crippen LogP contribution in [0, 0.1) is 0 Å². The average molecular weight is 391 g/mol. The molecule has 2 heterocycles. The number of benzene rings is 1. The van der Waals surface area contributed by atoms with E-state index < -0.39 is 10.0 Å². The summed E-state index contributed by atoms with van der Waals surface area (Å²) in [6, 6.07) is 6.00. The zero-order chi connectivity index (χ0) is 19.3. The van der Waals surface area contributed by atoms with Gasteiger partial charge in [0.25, 0.3) is 5.91 Å². The first-order valence-corrected chi connectivity index (χ1v) is 10.0. The zero-order valence-corrected chi connectivity index (χ0v) is 15.5. The molecule has 9 nitrogen and oxygen atoms in total. The Kier molecular flexibility index (Phi) is 5.99. The molecule has 1 saturated heterocycles. The van der Waals surface area contributed by atoms with E-state index in [1.54, 1.807) is 17.0 Å². The van der Waals surface area contributed by atoms with Crippen LogP contribution in [0.15, 0.2) is 47.8 Å². The summed E-state index contributed by atoms with van der Waals surface area (Å²) in [6.07, 6.45) is 4.53. The first-order chi connectivity index (χ1) is 12.9. The zero-order valence-electron chi connectivity index (χ0n) is 14.7. The van der Waals surface area contributed by atoms with Crippen molar-refractivity contribution in [1.82, 2.24) is 19.8 Å². The Morgan fingerprint density at radius 1 is 1.11 bits per heavy atom. The number of carbonyl (C=O) groups is 1. The minimum atomic E-state index is -3.69. The van der Waals surface area contributed by atoms with Crippen molar-refractivity contribution in [3.63, 3.8) is 0 Å². The number of piperazine rings is 1. The Bertz CT molecular complexity index is 866. The minimum Gasteiger partial charge on any atom is -0.492 e. The molecule has 0 spiro atoms. The van der Waals surface area contributed by atoms with E-state index >= 15 is 0 Å². The Morgan fingerprint density at radius 2 is 1.81 bits per heavy atom. The molecule has 0 aliphatic carbocycles. The Labute approximate surface area is 157 Å². The minimum absolute atomic E-state index is 0.0544. The van der Waals surface area contributed by atoms with Crippen LogP contribution in [0.3, 0.4) is 0 Å². The monoisotopic (exact) mass is 391 g/mol. The Balaban J connectivity index is 1.41. The molecule has 3 rings (SSSR count). The van der Waals surface area contributed by atoms with Crippen LogP contribution in [0.1, 0.15) is 10.5 Å². The standard InChI is InChI=1S/C17H21N5O4S/c18-27(24,25)15-3-1-14(2-4-15)26-12-11-21-7-9-22(10-8-21)17(23)16-13-19-5-6-20-16/h1-6,13H,7-12H2,(H2,18,24,25). The highest BCUT2D eigenvalue weighted by Gasteiger charge is 2.22. The predicted octanol–water partition coefficient (Wildman–Crippen LogP) is -0.0392. The van der Waals surface area contributed by atoms with Gasteiger partial charge in [-0.05, 0) is 24.3 Å². The van der Waals surface area contributed by atoms with Gasteiger partial charge in [-0.15, -0.1) is 0 Å². The van der Waals surface area contributed by atoms with Gasteiger partial charge in [0.2, 0.25) is 10.0 Å². The summed E-state index contributed by atoms with van der Waals surface area (Å²) in [5.41, 5.74) is 0.359. The van der Waals surface area contributed by atoms with Gasteiger partial charge in [-0.3, -0.25) is 14.7 Å². The number of primary sulfonamides is 1. The van der Waals surface area contributed by atoms with Gasteiger partial charge in [0.1, 0.15) is 18.1 Å². The molecular formula is C17H21N5O4S. The van der Waals surface area contributed by atoms with Crippen LogP contribution in [0.2, 0.25) is 0 Å². The summed E-state index contributed by atoms with van der Waals surface area (Å²) in [4.78, 5) is 24.3. The maximum absolute atomic E-state index is 12.3. The fraction of sp³-hybridized carbons (Fsp3) is 0.353. The summed E-state index contributed by atoms with van der Waals surface area (Å²) in [6.45, 7) is 3.92. The van der Waals surface area contributed by atoms with Gasteiger partial charge in [-0.1, -0.05) is 0 Å². The van der Waals surface area contributed by atoms with Crippen molar-refractivity contribution in [2.24, 2.45) is 5.14 Å². The van der Waals surface area contributed by atoms with Crippen molar-refractivity contribution in [2.45, 2.75) is 4.90 Å². The number of hydrogen-bond donors (Lipinski definition) is 1. The number of hydrogen-bond acceptors (Lipinski definition) is 7. The first kappa shape index (κ1) is 19.2. The second kappa shape index (κ2) is 8.42. The third-order valence-electron chi connectivity index (χ3n) is 4.27. The Hall–Kier alpha value is -2.56. The lowest BCUT2D eigenvalue weighted by molar-refractivity contribution is 0.0614. The fourth-order valence-electron chi connectivity index (χ4n) is 2.76. The number of aromatic nitrogens is 2. The molecule has 144 valence electrons. The highest BCUT2D eigenvalue weighted by atomic mass is 32.2. The van der Waals surface area contributed by atoms with Gasteiger partial charge in [-0.2, -0.15) is 0 Å². The Morgan fingerprint density at radius 3 is 2.41 bits per heavy atom. The molecule has 1 fully saturated rings. The molecule has 1 aliphatic heterocycles. The maximum Gasteiger partial charge on any atom is 0.274 e. The molecule has 2 aromatic rings. The van der Waals surface area contributed by atoms with Crippen LogP contribution in [0.5, 0.6) is 5.75 Å². The summed E-state index contributed by atoms with van der Waals surface area (Å²) in [5.74, 6) is 0.479. The number of nitrogens with zero attached hydrogens (tertiary/aromatic N) is 4. The van der Waals surface area contributed by atoms with Crippen LogP contribution < -0.4 is 9.88 Å². The first-order valence-electron chi connectivity index (χ1n) is 8.47. The van der Waals surface area contributed by atoms with E-state index in [0.29, 0.717) is 37.7 Å². The lowest BCUT2D eigenvalue weighted by Crippen LogP contribution is -2.49. The van der Waals surface area contributed by atoms with E-state index in [9.17, 15) is 13.2 Å². The van der Waals surface area contributed by atoms with Crippen molar-refractivity contribution < 1.29 is 17.9 Å². The summed E-state index contributed by atoms with van der Waals surface area (Å²) >= 11 is 0. The summed E-state index contributed by atoms with van der Waals surface area (Å²) in [5, 5.41) is 5.06. The summed E-state index contributed by atoms with van der Waals surface area (Å²) in [7, 11) is -3.69. The maximum atomic E-state index is 12.3. The van der Waals surface area contributed by atoms with Crippen LogP contribution in [0.25, 0.3) is 0 Å². The van der Waals surface area contributed by atoms with Gasteiger partial charge in [-0.25, -0.2) is 18.5 Å². The molecule has 0 unspecified atom stereocenters. The lowest BCUT2D eigenvalue weighted by atomic mass is 10.3. The third kappa shape index (κ3) is 5.22. The molecule has 1 aromatic heterocycles. The van der Waals surface area contributed by atoms with Crippen molar-refractivity contribution in [3.8, 4) is 5.75 Å². The molecule has 0 radical (unpaired) electrons. The molecule has 1 amide bonds. The lowest BCUT2D eigenvalue weighted by Gasteiger charge is -2.34. The van der Waals surface area contributed by atoms with Crippen LogP contribution in [-0.2, 0) is 10.0 Å². The molecule has 0 bridgehead atoms. The summed E-state index contributed by atoms with van der Waals surface area (Å²) < 4.78 is 28.1. The van der Waals surface area contributed by atoms with E-state index in [0.717, 1.165) is 13.1 Å². The number of nitrogens with two attached hydrogens (primary N) is 1. The van der Waals surface area contributed by atoms with E-state index in [4.69, 9.17) is 9.88 Å². The third-order valence-corrected chi connectivity index (χ3v) is 5.20. The second-order valence-electron chi connectivity index (χ2n) is 6.09. The number of carbonyl (C=O) groups excluding carboxylic acids is 1. The molecule has 0 atom stereocenters. The number of sulfonamides is 1. The number of rotatable bonds is 6. The average Bonchev–Trinajstić information content (AvgIpc) is 2.68. The molecule has 0 saturated carbocycles. The molecular weight excluding hydrogens is 370 g/mol. The van der Waals surface area contributed by atoms with Crippen molar-refractivity contribution >= 4 is 15.9 Å². The normalized spacial score (nSPS) is 15.5. The SMILES string of the molecule is NS(=O)(=O)c1ccc(OCCN2CCN(C(=O)c3cnccn3)CC2)cc1. The van der Waals surface area contributed by atoms with E-state index in [1.165, 1.54) is 30.7 Å². The topological polar surface area (TPSA) is 119 Å². The molecule has 2 N–H and O–H groups in total. The van der Waals surface area contributed by atoms with Crippen LogP contribution in [0.4, 0.5) is 0 Å². The highest BCUT2D eigenvalue weighted by Crippen LogP contribution is 2.15. The fourth-order valence-corrected chi connectivity index (χ4v) is 3.28. The van der Waals surface area contributed by atoms with Gasteiger partial charge < -0.3 is 9.64 Å². The van der Waals surface area contributed by atoms with Gasteiger partial charge in [0.05, 0.1) is 11.1 Å². The molecule has 1 aliphatic rings. The molecule has 27 heavy (non-hydrogen) atoms. The van der Waals surface area contributed by atoms with Crippen molar-refractivity contribution in [3.05, 3.63) is 48.5 Å². The quantitative estimate of drug-likeness (QED) is 0.734. The predicted molar refractivity (Wildman–Crippen MR) is 97.7 cm³/mol. The number of ether oxygens (including phenoxy) is 1. The van der Waals surface area contributed by atoms with E-state index in [1.807, 2.05) is 0 Å². The van der Waals surface area contributed by atoms with E-state index in [2.05, 4.69) is 14.9 Å². The number of amides is 1. The largest absolute Gasteiger partial charge is 0.492 e. The highest BCUT2D eigenvalue weighted by molar-refractivity contribution is 7.89. The van der Waals surface area contributed by atoms with Crippen molar-refractivity contribution in [2.75, 3.05) is 39.3 Å². The second-order valence-corrected chi connectivity index (χ2v) is 7.65. The van der Waals surface area contributed by atoms with E-state index in [-0.39, 0.29) is 10.8 Å². The van der Waals surface area contributed by atoms with Crippen LogP contribution in [-0.4, -0.2) is 73.4 Å². The van der Waals surface area contributed by atoms with Crippen molar-refractivity contribution in [1.29, 1.82) is 0 Å². The van der Waals surface area contributed by atoms with Gasteiger partial charge >= 0.3 is 0 Å². The van der Waals surface area contributed by atoms with Gasteiger partial charge in [0, 0.05) is 45.1 Å². The molecule has 1 aromatic carbocycles. The molecule has 10 heteroatoms. The smallest absolute Gasteiger partial charge is 0.274 e. The van der Waals surface area contributed by atoms with Crippen LogP contribution >= 0.6 is 0 Å².